The van der Waals surface area contributed by atoms with E-state index in [9.17, 15) is 4.79 Å². The van der Waals surface area contributed by atoms with Crippen LogP contribution in [-0.4, -0.2) is 30.2 Å². The van der Waals surface area contributed by atoms with Crippen LogP contribution >= 0.6 is 15.9 Å². The molecule has 0 aromatic heterocycles. The Kier molecular flexibility index (Phi) is 3.21. The molecule has 7 heavy (non-hydrogen) atoms. The Labute approximate surface area is 51.6 Å². The Morgan fingerprint density at radius 3 is 2.14 bits per heavy atom. The van der Waals surface area contributed by atoms with Crippen LogP contribution in [0.4, 0.5) is 0 Å². The predicted octanol–water partition coefficient (Wildman–Crippen LogP) is 0.469. The molecule has 0 atom stereocenters. The summed E-state index contributed by atoms with van der Waals surface area (Å²) in [6.07, 6.45) is 0. The highest BCUT2D eigenvalue weighted by Crippen LogP contribution is 1.84. The highest BCUT2D eigenvalue weighted by atomic mass is 79.9. The fraction of sp³-hybridized carbons (Fsp3) is 0.750. The molecule has 0 spiro atoms. The van der Waals surface area contributed by atoms with Crippen LogP contribution in [0.1, 0.15) is 0 Å². The van der Waals surface area contributed by atoms with Crippen LogP contribution in [0.3, 0.4) is 0 Å². The van der Waals surface area contributed by atoms with Crippen molar-refractivity contribution in [2.75, 3.05) is 20.6 Å². The van der Waals surface area contributed by atoms with E-state index in [4.69, 9.17) is 0 Å². The molecule has 0 N–H and O–H groups in total. The summed E-state index contributed by atoms with van der Waals surface area (Å²) in [7, 11) is 3.69. The molecule has 0 amide bonds. The van der Waals surface area contributed by atoms with Crippen molar-refractivity contribution in [2.24, 2.45) is 0 Å². The van der Waals surface area contributed by atoms with Gasteiger partial charge in [-0.05, 0) is 30.0 Å². The van der Waals surface area contributed by atoms with E-state index in [2.05, 4.69) is 15.9 Å². The predicted molar refractivity (Wildman–Crippen MR) is 32.5 cm³/mol. The minimum Gasteiger partial charge on any atom is -0.302 e. The maximum Gasteiger partial charge on any atom is 0.211 e. The number of carbonyl (C=O) groups excluding carboxylic acids is 1. The van der Waals surface area contributed by atoms with Gasteiger partial charge in [-0.15, -0.1) is 0 Å². The molecule has 42 valence electrons. The van der Waals surface area contributed by atoms with Gasteiger partial charge in [0, 0.05) is 0 Å². The summed E-state index contributed by atoms with van der Waals surface area (Å²) in [5.74, 6) is 0. The number of rotatable bonds is 2. The summed E-state index contributed by atoms with van der Waals surface area (Å²) in [5.41, 5.74) is 0. The maximum absolute atomic E-state index is 10.1. The van der Waals surface area contributed by atoms with E-state index in [0.717, 1.165) is 0 Å². The summed E-state index contributed by atoms with van der Waals surface area (Å²) in [4.78, 5) is 11.9. The van der Waals surface area contributed by atoms with Crippen molar-refractivity contribution in [2.45, 2.75) is 0 Å². The quantitative estimate of drug-likeness (QED) is 0.555. The lowest BCUT2D eigenvalue weighted by Crippen LogP contribution is -2.17. The second-order valence-electron chi connectivity index (χ2n) is 1.59. The van der Waals surface area contributed by atoms with Crippen molar-refractivity contribution in [3.05, 3.63) is 0 Å². The number of halogens is 1. The third kappa shape index (κ3) is 6.11. The average molecular weight is 166 g/mol. The first-order chi connectivity index (χ1) is 3.13. The van der Waals surface area contributed by atoms with Gasteiger partial charge in [0.25, 0.3) is 0 Å². The molecule has 0 aliphatic carbocycles. The van der Waals surface area contributed by atoms with E-state index in [1.165, 1.54) is 0 Å². The highest BCUT2D eigenvalue weighted by molar-refractivity contribution is 9.18. The van der Waals surface area contributed by atoms with E-state index >= 15 is 0 Å². The minimum absolute atomic E-state index is 0.0255. The third-order valence-corrected chi connectivity index (χ3v) is 0.691. The zero-order valence-electron chi connectivity index (χ0n) is 4.44. The van der Waals surface area contributed by atoms with Crippen LogP contribution in [0.5, 0.6) is 0 Å². The minimum atomic E-state index is 0.0255. The highest BCUT2D eigenvalue weighted by Gasteiger charge is 1.93. The smallest absolute Gasteiger partial charge is 0.211 e. The Bertz CT molecular complexity index is 72.1. The average Bonchev–Trinajstić information content (AvgIpc) is 1.27. The first kappa shape index (κ1) is 7.11. The molecule has 0 aromatic carbocycles. The fourth-order valence-corrected chi connectivity index (χ4v) is 0.750. The van der Waals surface area contributed by atoms with Crippen LogP contribution in [0, 0.1) is 0 Å². The second-order valence-corrected chi connectivity index (χ2v) is 2.48. The molecule has 0 heterocycles. The van der Waals surface area contributed by atoms with E-state index < -0.39 is 0 Å². The Balaban J connectivity index is 3.13. The lowest BCUT2D eigenvalue weighted by atomic mass is 10.7. The molecule has 0 saturated carbocycles. The summed E-state index contributed by atoms with van der Waals surface area (Å²) in [5, 5.41) is 0. The molecule has 0 aromatic rings. The molecule has 0 aliphatic rings. The molecule has 0 fully saturated rings. The standard InChI is InChI=1S/C4H8BrNO/c1-6(2)3-4(5)7/h3H2,1-2H3. The first-order valence-corrected chi connectivity index (χ1v) is 2.75. The van der Waals surface area contributed by atoms with Gasteiger partial charge in [0.2, 0.25) is 4.69 Å². The van der Waals surface area contributed by atoms with Crippen molar-refractivity contribution in [3.63, 3.8) is 0 Å². The summed E-state index contributed by atoms with van der Waals surface area (Å²) < 4.78 is 0.0255. The van der Waals surface area contributed by atoms with Crippen LogP contribution in [-0.2, 0) is 4.79 Å². The van der Waals surface area contributed by atoms with Crippen LogP contribution in [0.2, 0.25) is 0 Å². The van der Waals surface area contributed by atoms with Gasteiger partial charge in [-0.25, -0.2) is 0 Å². The van der Waals surface area contributed by atoms with Gasteiger partial charge in [-0.1, -0.05) is 0 Å². The number of hydrogen-bond donors (Lipinski definition) is 0. The normalized spacial score (nSPS) is 9.71. The van der Waals surface area contributed by atoms with Gasteiger partial charge in [-0.3, -0.25) is 4.79 Å². The van der Waals surface area contributed by atoms with Crippen molar-refractivity contribution in [1.29, 1.82) is 0 Å². The molecule has 0 saturated heterocycles. The van der Waals surface area contributed by atoms with E-state index in [1.54, 1.807) is 4.90 Å². The van der Waals surface area contributed by atoms with E-state index in [1.807, 2.05) is 14.1 Å². The molecule has 0 aliphatic heterocycles. The van der Waals surface area contributed by atoms with Gasteiger partial charge in [0.1, 0.15) is 0 Å². The zero-order valence-corrected chi connectivity index (χ0v) is 6.03. The molecule has 0 rings (SSSR count). The lowest BCUT2D eigenvalue weighted by molar-refractivity contribution is -0.110. The lowest BCUT2D eigenvalue weighted by Gasteiger charge is -2.02. The van der Waals surface area contributed by atoms with E-state index in [0.29, 0.717) is 6.54 Å². The van der Waals surface area contributed by atoms with Crippen LogP contribution in [0.25, 0.3) is 0 Å². The number of likely N-dealkylation sites (N-methyl/N-ethyl adjacent to an activating group) is 1. The Morgan fingerprint density at radius 1 is 1.71 bits per heavy atom. The number of carbonyl (C=O) groups is 1. The van der Waals surface area contributed by atoms with Crippen molar-refractivity contribution < 1.29 is 4.79 Å². The summed E-state index contributed by atoms with van der Waals surface area (Å²) in [6, 6.07) is 0. The molecule has 0 bridgehead atoms. The molecular formula is C4H8BrNO. The molecular weight excluding hydrogens is 158 g/mol. The summed E-state index contributed by atoms with van der Waals surface area (Å²) in [6.45, 7) is 0.472. The van der Waals surface area contributed by atoms with Gasteiger partial charge in [0.15, 0.2) is 0 Å². The van der Waals surface area contributed by atoms with Crippen molar-refractivity contribution in [1.82, 2.24) is 4.90 Å². The van der Waals surface area contributed by atoms with Gasteiger partial charge in [-0.2, -0.15) is 0 Å². The van der Waals surface area contributed by atoms with E-state index in [-0.39, 0.29) is 4.69 Å². The zero-order chi connectivity index (χ0) is 5.86. The largest absolute Gasteiger partial charge is 0.302 e. The maximum atomic E-state index is 10.1. The Hall–Kier alpha value is 0.110. The van der Waals surface area contributed by atoms with Crippen molar-refractivity contribution in [3.8, 4) is 0 Å². The van der Waals surface area contributed by atoms with Crippen LogP contribution in [0.15, 0.2) is 0 Å². The Morgan fingerprint density at radius 2 is 2.14 bits per heavy atom. The van der Waals surface area contributed by atoms with Crippen LogP contribution < -0.4 is 0 Å². The third-order valence-electron chi connectivity index (χ3n) is 0.441. The molecule has 0 unspecified atom stereocenters. The van der Waals surface area contributed by atoms with Gasteiger partial charge in [0.05, 0.1) is 6.54 Å². The van der Waals surface area contributed by atoms with Gasteiger partial charge >= 0.3 is 0 Å². The van der Waals surface area contributed by atoms with Crippen molar-refractivity contribution >= 4 is 20.6 Å². The second kappa shape index (κ2) is 3.16. The SMILES string of the molecule is CN(C)CC(=O)Br. The molecule has 3 heteroatoms. The number of hydrogen-bond acceptors (Lipinski definition) is 2. The summed E-state index contributed by atoms with van der Waals surface area (Å²) >= 11 is 2.79. The first-order valence-electron chi connectivity index (χ1n) is 1.96. The van der Waals surface area contributed by atoms with Gasteiger partial charge < -0.3 is 4.90 Å². The molecule has 0 radical (unpaired) electrons. The molecule has 2 nitrogen and oxygen atoms in total. The number of nitrogens with zero attached hydrogens (tertiary/aromatic N) is 1. The monoisotopic (exact) mass is 165 g/mol. The topological polar surface area (TPSA) is 20.3 Å². The fourth-order valence-electron chi connectivity index (χ4n) is 0.249.